The maximum atomic E-state index is 14.8. The number of ether oxygens (including phenoxy) is 3. The van der Waals surface area contributed by atoms with Crippen molar-refractivity contribution < 1.29 is 23.4 Å². The number of nitrogens with one attached hydrogen (secondary N) is 3. The monoisotopic (exact) mass is 499 g/mol. The summed E-state index contributed by atoms with van der Waals surface area (Å²) < 4.78 is 32.6. The Morgan fingerprint density at radius 3 is 2.78 bits per heavy atom. The zero-order valence-corrected chi connectivity index (χ0v) is 20.3. The highest BCUT2D eigenvalue weighted by Gasteiger charge is 2.55. The van der Waals surface area contributed by atoms with Crippen LogP contribution in [-0.2, 0) is 16.1 Å². The number of hydrogen-bond acceptors (Lipinski definition) is 8. The van der Waals surface area contributed by atoms with Gasteiger partial charge in [0.1, 0.15) is 17.9 Å². The van der Waals surface area contributed by atoms with Crippen LogP contribution in [0.15, 0.2) is 18.3 Å². The molecule has 3 fully saturated rings. The number of H-pyrrole nitrogens is 1. The molecule has 0 bridgehead atoms. The number of hydrogen-bond donors (Lipinski definition) is 3. The van der Waals surface area contributed by atoms with Crippen LogP contribution in [0.25, 0.3) is 5.65 Å². The first-order chi connectivity index (χ1) is 17.5. The second kappa shape index (κ2) is 8.91. The third kappa shape index (κ3) is 4.02. The first-order valence-electron chi connectivity index (χ1n) is 12.3. The molecular weight excluding hydrogens is 469 g/mol. The van der Waals surface area contributed by atoms with E-state index in [4.69, 9.17) is 14.2 Å². The van der Waals surface area contributed by atoms with Gasteiger partial charge >= 0.3 is 6.09 Å². The number of carbonyl (C=O) groups is 1. The third-order valence-corrected chi connectivity index (χ3v) is 7.96. The van der Waals surface area contributed by atoms with Crippen LogP contribution >= 0.6 is 0 Å². The van der Waals surface area contributed by atoms with Crippen LogP contribution in [0, 0.1) is 5.92 Å². The van der Waals surface area contributed by atoms with Crippen molar-refractivity contribution >= 4 is 23.5 Å². The van der Waals surface area contributed by atoms with Crippen LogP contribution in [0.4, 0.5) is 21.0 Å². The SMILES string of the molecule is COCc1cn2c(Nc3cc([C@H]4C[C@@H](F)[C@@H](OC(=O)NC56CCC5CC6)C4)[nH]n3)nc(OC)cc2n1. The Labute approximate surface area is 207 Å². The molecule has 0 saturated heterocycles. The van der Waals surface area contributed by atoms with Gasteiger partial charge in [-0.2, -0.15) is 10.1 Å². The number of aromatic nitrogens is 5. The molecule has 1 amide bonds. The lowest BCUT2D eigenvalue weighted by Crippen LogP contribution is -2.66. The van der Waals surface area contributed by atoms with Crippen molar-refractivity contribution in [1.82, 2.24) is 29.9 Å². The number of imidazole rings is 1. The van der Waals surface area contributed by atoms with Crippen molar-refractivity contribution in [3.63, 3.8) is 0 Å². The fourth-order valence-corrected chi connectivity index (χ4v) is 5.74. The minimum Gasteiger partial charge on any atom is -0.481 e. The topological polar surface area (TPSA) is 128 Å². The summed E-state index contributed by atoms with van der Waals surface area (Å²) in [7, 11) is 3.15. The van der Waals surface area contributed by atoms with Crippen LogP contribution in [0.2, 0.25) is 0 Å². The molecule has 3 aliphatic rings. The first-order valence-corrected chi connectivity index (χ1v) is 12.3. The number of anilines is 2. The van der Waals surface area contributed by atoms with E-state index < -0.39 is 18.4 Å². The summed E-state index contributed by atoms with van der Waals surface area (Å²) in [4.78, 5) is 21.4. The second-order valence-corrected chi connectivity index (χ2v) is 10.0. The van der Waals surface area contributed by atoms with Crippen LogP contribution < -0.4 is 15.4 Å². The van der Waals surface area contributed by atoms with Gasteiger partial charge in [0, 0.05) is 42.6 Å². The van der Waals surface area contributed by atoms with Crippen molar-refractivity contribution in [3.8, 4) is 5.88 Å². The maximum Gasteiger partial charge on any atom is 0.407 e. The lowest BCUT2D eigenvalue weighted by Gasteiger charge is -2.58. The fraction of sp³-hybridized carbons (Fsp3) is 0.583. The molecule has 192 valence electrons. The molecule has 0 aromatic carbocycles. The number of nitrogens with zero attached hydrogens (tertiary/aromatic N) is 4. The largest absolute Gasteiger partial charge is 0.481 e. The molecule has 3 aromatic heterocycles. The fourth-order valence-electron chi connectivity index (χ4n) is 5.74. The number of fused-ring (bicyclic) bond motifs is 2. The standard InChI is InChI=1S/C24H30FN7O4/c1-34-12-15-11-32-20(26-15)10-21(35-2)28-22(32)27-19-9-17(30-31-19)13-7-16(25)18(8-13)36-23(33)29-24-5-3-14(24)4-6-24/h9-11,13-14,16,18H,3-8,12H2,1-2H3,(H,29,33)(H2,27,28,30,31)/t13-,14?,16+,18-,24?/m0/s1. The van der Waals surface area contributed by atoms with Gasteiger partial charge in [-0.25, -0.2) is 14.2 Å². The number of aromatic amines is 1. The average molecular weight is 500 g/mol. The minimum absolute atomic E-state index is 0.0933. The minimum atomic E-state index is -1.22. The van der Waals surface area contributed by atoms with Gasteiger partial charge < -0.3 is 24.8 Å². The van der Waals surface area contributed by atoms with Crippen molar-refractivity contribution in [2.45, 2.75) is 68.9 Å². The lowest BCUT2D eigenvalue weighted by atomic mass is 9.53. The first kappa shape index (κ1) is 23.0. The zero-order chi connectivity index (χ0) is 24.9. The number of amides is 1. The van der Waals surface area contributed by atoms with Crippen LogP contribution in [0.5, 0.6) is 5.88 Å². The summed E-state index contributed by atoms with van der Waals surface area (Å²) in [5, 5.41) is 13.5. The van der Waals surface area contributed by atoms with Crippen LogP contribution in [-0.4, -0.2) is 62.7 Å². The number of alkyl carbamates (subject to hydrolysis) is 1. The van der Waals surface area contributed by atoms with Gasteiger partial charge in [0.25, 0.3) is 0 Å². The van der Waals surface area contributed by atoms with Gasteiger partial charge in [0.15, 0.2) is 5.82 Å². The van der Waals surface area contributed by atoms with Crippen LogP contribution in [0.3, 0.4) is 0 Å². The molecule has 3 aromatic rings. The Balaban J connectivity index is 1.12. The molecule has 6 rings (SSSR count). The lowest BCUT2D eigenvalue weighted by molar-refractivity contribution is -0.0275. The molecule has 0 spiro atoms. The third-order valence-electron chi connectivity index (χ3n) is 7.96. The Kier molecular flexibility index (Phi) is 5.70. The average Bonchev–Trinajstić information content (AvgIpc) is 3.57. The smallest absolute Gasteiger partial charge is 0.407 e. The van der Waals surface area contributed by atoms with E-state index in [0.717, 1.165) is 37.1 Å². The van der Waals surface area contributed by atoms with Gasteiger partial charge in [-0.05, 0) is 44.4 Å². The number of rotatable bonds is 8. The maximum absolute atomic E-state index is 14.8. The summed E-state index contributed by atoms with van der Waals surface area (Å²) in [5.74, 6) is 1.81. The highest BCUT2D eigenvalue weighted by atomic mass is 19.1. The summed E-state index contributed by atoms with van der Waals surface area (Å²) in [5.41, 5.74) is 2.08. The normalized spacial score (nSPS) is 28.8. The van der Waals surface area contributed by atoms with E-state index in [1.807, 2.05) is 12.3 Å². The molecule has 3 N–H and O–H groups in total. The number of halogens is 1. The zero-order valence-electron chi connectivity index (χ0n) is 20.3. The van der Waals surface area contributed by atoms with Crippen molar-refractivity contribution in [3.05, 3.63) is 29.7 Å². The van der Waals surface area contributed by atoms with E-state index in [0.29, 0.717) is 42.2 Å². The Morgan fingerprint density at radius 2 is 2.08 bits per heavy atom. The predicted molar refractivity (Wildman–Crippen MR) is 127 cm³/mol. The van der Waals surface area contributed by atoms with Gasteiger partial charge in [-0.15, -0.1) is 0 Å². The molecule has 0 aliphatic heterocycles. The molecule has 3 aliphatic carbocycles. The molecule has 3 saturated carbocycles. The highest BCUT2D eigenvalue weighted by Crippen LogP contribution is 2.53. The van der Waals surface area contributed by atoms with Crippen molar-refractivity contribution in [2.75, 3.05) is 19.5 Å². The van der Waals surface area contributed by atoms with Crippen molar-refractivity contribution in [1.29, 1.82) is 0 Å². The molecule has 11 nitrogen and oxygen atoms in total. The summed E-state index contributed by atoms with van der Waals surface area (Å²) in [6.07, 6.45) is 4.28. The summed E-state index contributed by atoms with van der Waals surface area (Å²) >= 11 is 0. The van der Waals surface area contributed by atoms with Crippen LogP contribution in [0.1, 0.15) is 55.8 Å². The molecule has 12 heteroatoms. The van der Waals surface area contributed by atoms with E-state index in [1.54, 1.807) is 17.6 Å². The van der Waals surface area contributed by atoms with Gasteiger partial charge in [-0.1, -0.05) is 0 Å². The molecular formula is C24H30FN7O4. The molecule has 0 unspecified atom stereocenters. The van der Waals surface area contributed by atoms with E-state index in [9.17, 15) is 9.18 Å². The van der Waals surface area contributed by atoms with Gasteiger partial charge in [0.05, 0.1) is 19.4 Å². The van der Waals surface area contributed by atoms with Gasteiger partial charge in [-0.3, -0.25) is 9.50 Å². The van der Waals surface area contributed by atoms with E-state index in [-0.39, 0.29) is 17.9 Å². The van der Waals surface area contributed by atoms with Gasteiger partial charge in [0.2, 0.25) is 11.8 Å². The molecule has 3 atom stereocenters. The summed E-state index contributed by atoms with van der Waals surface area (Å²) in [6, 6.07) is 3.55. The van der Waals surface area contributed by atoms with E-state index in [1.165, 1.54) is 7.11 Å². The number of methoxy groups -OCH3 is 2. The Hall–Kier alpha value is -3.41. The predicted octanol–water partition coefficient (Wildman–Crippen LogP) is 3.60. The van der Waals surface area contributed by atoms with E-state index >= 15 is 0 Å². The number of carbonyl (C=O) groups excluding carboxylic acids is 1. The highest BCUT2D eigenvalue weighted by molar-refractivity contribution is 5.69. The van der Waals surface area contributed by atoms with Crippen molar-refractivity contribution in [2.24, 2.45) is 5.92 Å². The molecule has 3 heterocycles. The quantitative estimate of drug-likeness (QED) is 0.429. The molecule has 36 heavy (non-hydrogen) atoms. The molecule has 0 radical (unpaired) electrons. The summed E-state index contributed by atoms with van der Waals surface area (Å²) in [6.45, 7) is 0.366. The number of alkyl halides is 1. The Bertz CT molecular complexity index is 1270. The Morgan fingerprint density at radius 1 is 1.25 bits per heavy atom. The second-order valence-electron chi connectivity index (χ2n) is 10.0. The van der Waals surface area contributed by atoms with E-state index in [2.05, 4.69) is 30.8 Å².